The number of rotatable bonds is 10. The summed E-state index contributed by atoms with van der Waals surface area (Å²) in [6, 6.07) is 17.8. The van der Waals surface area contributed by atoms with Crippen molar-refractivity contribution < 1.29 is 54.5 Å². The fraction of sp³-hybridized carbons (Fsp3) is 0.684. The summed E-state index contributed by atoms with van der Waals surface area (Å²) in [6.07, 6.45) is 25.2. The fourth-order valence-corrected chi connectivity index (χ4v) is 13.0. The minimum atomic E-state index is -0.771. The van der Waals surface area contributed by atoms with Crippen LogP contribution in [0.2, 0.25) is 0 Å². The maximum absolute atomic E-state index is 13.9. The first-order valence-corrected chi connectivity index (χ1v) is 27.0. The third-order valence-corrected chi connectivity index (χ3v) is 16.8. The molecule has 2 aromatic carbocycles. The number of nitrogens with zero attached hydrogens (tertiary/aromatic N) is 8. The predicted molar refractivity (Wildman–Crippen MR) is 289 cm³/mol. The van der Waals surface area contributed by atoms with Crippen molar-refractivity contribution in [3.63, 3.8) is 0 Å². The van der Waals surface area contributed by atoms with Crippen molar-refractivity contribution in [3.8, 4) is 0 Å². The van der Waals surface area contributed by atoms with Gasteiger partial charge in [-0.3, -0.25) is 19.2 Å². The quantitative estimate of drug-likeness (QED) is 0.126. The van der Waals surface area contributed by atoms with Crippen LogP contribution >= 0.6 is 0 Å². The monoisotopic (exact) mass is 1020 g/mol. The second kappa shape index (κ2) is 28.9. The Hall–Kier alpha value is -3.86. The van der Waals surface area contributed by atoms with Crippen LogP contribution in [0.3, 0.4) is 0 Å². The molecule has 2 saturated carbocycles. The molecule has 16 heteroatoms. The number of carbonyl (C=O) groups is 2. The van der Waals surface area contributed by atoms with Gasteiger partial charge in [0.25, 0.3) is 11.1 Å². The summed E-state index contributed by atoms with van der Waals surface area (Å²) in [5.41, 5.74) is 3.59. The van der Waals surface area contributed by atoms with Crippen LogP contribution < -0.4 is 50.5 Å². The normalized spacial score (nSPS) is 22.3. The van der Waals surface area contributed by atoms with Crippen molar-refractivity contribution >= 4 is 45.6 Å². The van der Waals surface area contributed by atoms with Gasteiger partial charge in [0.1, 0.15) is 0 Å². The van der Waals surface area contributed by atoms with E-state index >= 15 is 0 Å². The number of carboxylic acid groups (broad SMARTS) is 1. The zero-order valence-electron chi connectivity index (χ0n) is 42.8. The van der Waals surface area contributed by atoms with Crippen LogP contribution in [0, 0.1) is 11.8 Å². The molecule has 2 unspecified atom stereocenters. The van der Waals surface area contributed by atoms with E-state index in [0.29, 0.717) is 49.8 Å². The number of ether oxygens (including phenoxy) is 1. The molecule has 2 N–H and O–H groups in total. The maximum Gasteiger partial charge on any atom is 1.00 e. The molecule has 0 bridgehead atoms. The Morgan fingerprint density at radius 2 is 0.904 bits per heavy atom. The van der Waals surface area contributed by atoms with Gasteiger partial charge in [0.2, 0.25) is 0 Å². The molecule has 4 saturated heterocycles. The number of carbonyl (C=O) groups excluding carboxylic acids is 1. The number of likely N-dealkylation sites (tertiary alicyclic amines) is 2. The Bertz CT molecular complexity index is 2470. The molecule has 6 aliphatic rings. The fourth-order valence-electron chi connectivity index (χ4n) is 13.0. The minimum Gasteiger partial charge on any atom is -0.870 e. The van der Waals surface area contributed by atoms with Gasteiger partial charge in [-0.25, -0.2) is 9.97 Å². The van der Waals surface area contributed by atoms with Crippen LogP contribution in [0.5, 0.6) is 0 Å². The van der Waals surface area contributed by atoms with Crippen molar-refractivity contribution in [1.82, 2.24) is 28.9 Å². The molecular formula is C57H87N8NaO7. The number of aromatic nitrogens is 4. The Balaban J connectivity index is 0.000000257. The summed E-state index contributed by atoms with van der Waals surface area (Å²) >= 11 is 0. The van der Waals surface area contributed by atoms with Crippen LogP contribution in [0.1, 0.15) is 168 Å². The maximum atomic E-state index is 13.9. The number of anilines is 2. The number of esters is 1. The first-order chi connectivity index (χ1) is 33.7. The van der Waals surface area contributed by atoms with Crippen LogP contribution in [0.25, 0.3) is 22.1 Å². The Morgan fingerprint density at radius 3 is 1.29 bits per heavy atom. The van der Waals surface area contributed by atoms with E-state index in [1.54, 1.807) is 0 Å². The van der Waals surface area contributed by atoms with Gasteiger partial charge < -0.3 is 44.1 Å². The molecule has 4 aromatic rings. The molecule has 2 aromatic heterocycles. The predicted octanol–water partition coefficient (Wildman–Crippen LogP) is 7.08. The van der Waals surface area contributed by atoms with Gasteiger partial charge in [-0.05, 0) is 100 Å². The van der Waals surface area contributed by atoms with Gasteiger partial charge in [-0.2, -0.15) is 0 Å². The summed E-state index contributed by atoms with van der Waals surface area (Å²) in [4.78, 5) is 69.7. The molecule has 6 fully saturated rings. The number of hydrogen-bond donors (Lipinski definition) is 1. The Morgan fingerprint density at radius 1 is 0.534 bits per heavy atom. The van der Waals surface area contributed by atoms with E-state index in [-0.39, 0.29) is 97.3 Å². The van der Waals surface area contributed by atoms with E-state index in [1.807, 2.05) is 62.6 Å². The number of fused-ring (bicyclic) bond motifs is 2. The Labute approximate surface area is 457 Å². The summed E-state index contributed by atoms with van der Waals surface area (Å²) < 4.78 is 8.91. The van der Waals surface area contributed by atoms with Crippen LogP contribution in [0.4, 0.5) is 11.6 Å². The minimum absolute atomic E-state index is 0. The third kappa shape index (κ3) is 14.8. The van der Waals surface area contributed by atoms with E-state index in [1.165, 1.54) is 97.0 Å². The largest absolute Gasteiger partial charge is 1.00 e. The van der Waals surface area contributed by atoms with E-state index in [9.17, 15) is 24.3 Å². The number of aliphatic carboxylic acids is 1. The summed E-state index contributed by atoms with van der Waals surface area (Å²) in [5, 5.41) is 9.18. The van der Waals surface area contributed by atoms with Gasteiger partial charge >= 0.3 is 41.5 Å². The van der Waals surface area contributed by atoms with Crippen LogP contribution in [-0.4, -0.2) is 123 Å². The second-order valence-corrected chi connectivity index (χ2v) is 21.3. The van der Waals surface area contributed by atoms with Gasteiger partial charge in [-0.1, -0.05) is 103 Å². The number of piperidine rings is 2. The SMILES string of the molecule is C.C.COC(=O)CC1CCN(c2nc3ccccc3n(C3CCN(C4CCCCCCC4)CC3)c2=O)C1.O=C(O)CC1CCN(c2nc3ccccc3n(C3CCN(C4CCCCCCC4)CC3)c2=O)C1.[Na+].[OH-]. The first kappa shape index (κ1) is 60.0. The molecule has 4 aliphatic heterocycles. The molecule has 0 amide bonds. The first-order valence-electron chi connectivity index (χ1n) is 27.0. The molecule has 6 heterocycles. The second-order valence-electron chi connectivity index (χ2n) is 21.3. The molecule has 10 rings (SSSR count). The molecule has 2 atom stereocenters. The van der Waals surface area contributed by atoms with Crippen molar-refractivity contribution in [2.24, 2.45) is 11.8 Å². The van der Waals surface area contributed by atoms with Crippen molar-refractivity contribution in [1.29, 1.82) is 0 Å². The Kier molecular flexibility index (Phi) is 23.7. The smallest absolute Gasteiger partial charge is 0.870 e. The van der Waals surface area contributed by atoms with E-state index in [4.69, 9.17) is 14.7 Å². The van der Waals surface area contributed by atoms with Gasteiger partial charge in [0, 0.05) is 82.9 Å². The van der Waals surface area contributed by atoms with Gasteiger partial charge in [0.05, 0.1) is 35.6 Å². The molecule has 15 nitrogen and oxygen atoms in total. The average molecular weight is 1020 g/mol. The standard InChI is InChI=1S/C28H40N4O3.C27H38N4O3.2CH4.Na.H2O/c1-35-26(33)19-21-13-16-31(20-21)27-28(34)32(25-12-8-7-11-24(25)29-27)23-14-17-30(18-15-23)22-9-5-3-2-4-6-10-22;32-25(33)18-20-12-15-30(19-20)26-27(34)31(24-11-7-6-10-23(24)28-26)22-13-16-29(17-14-22)21-8-4-2-1-3-5-9-21;;;;/h7-8,11-12,21-23H,2-6,9-10,13-20H2,1H3;6-7,10-11,20-22H,1-5,8-9,12-19H2,(H,32,33);2*1H4;;1H2/q;;;;+1;/p-1. The molecule has 0 radical (unpaired) electrons. The third-order valence-electron chi connectivity index (χ3n) is 16.8. The van der Waals surface area contributed by atoms with Gasteiger partial charge in [-0.15, -0.1) is 0 Å². The molecular weight excluding hydrogens is 932 g/mol. The van der Waals surface area contributed by atoms with Crippen LogP contribution in [0.15, 0.2) is 58.1 Å². The molecule has 0 spiro atoms. The topological polar surface area (TPSA) is 176 Å². The van der Waals surface area contributed by atoms with E-state index < -0.39 is 5.97 Å². The van der Waals surface area contributed by atoms with Crippen molar-refractivity contribution in [2.45, 2.75) is 180 Å². The number of methoxy groups -OCH3 is 1. The number of benzene rings is 2. The zero-order chi connectivity index (χ0) is 47.7. The molecule has 73 heavy (non-hydrogen) atoms. The number of carboxylic acids is 1. The number of para-hydroxylation sites is 4. The zero-order valence-corrected chi connectivity index (χ0v) is 44.8. The average Bonchev–Trinajstić information content (AvgIpc) is 4.01. The summed E-state index contributed by atoms with van der Waals surface area (Å²) in [5.74, 6) is 0.359. The van der Waals surface area contributed by atoms with E-state index in [2.05, 4.69) is 14.7 Å². The number of hydrogen-bond acceptors (Lipinski definition) is 12. The molecule has 2 aliphatic carbocycles. The van der Waals surface area contributed by atoms with Crippen molar-refractivity contribution in [2.75, 3.05) is 69.3 Å². The van der Waals surface area contributed by atoms with E-state index in [0.717, 1.165) is 93.3 Å². The summed E-state index contributed by atoms with van der Waals surface area (Å²) in [7, 11) is 1.43. The summed E-state index contributed by atoms with van der Waals surface area (Å²) in [6.45, 7) is 6.96. The molecule has 398 valence electrons. The van der Waals surface area contributed by atoms with Crippen LogP contribution in [-0.2, 0) is 14.3 Å². The van der Waals surface area contributed by atoms with Crippen molar-refractivity contribution in [3.05, 3.63) is 69.2 Å². The van der Waals surface area contributed by atoms with Gasteiger partial charge in [0.15, 0.2) is 11.6 Å².